The Morgan fingerprint density at radius 2 is 0.841 bits per heavy atom. The first-order valence-electron chi connectivity index (χ1n) is 34.3. The number of carbonyl (C=O) groups excluding carboxylic acids is 3. The number of aromatic nitrogens is 5. The second kappa shape index (κ2) is 45.2. The first-order valence-corrected chi connectivity index (χ1v) is 38.3. The molecular formula is C92H71Ir4N5O7S5-6. The van der Waals surface area contributed by atoms with E-state index >= 15 is 0 Å². The Morgan fingerprint density at radius 1 is 0.398 bits per heavy atom. The number of aryl methyl sites for hydroxylation is 1. The molecule has 0 atom stereocenters. The van der Waals surface area contributed by atoms with Crippen molar-refractivity contribution in [3.63, 3.8) is 0 Å². The van der Waals surface area contributed by atoms with E-state index in [0.717, 1.165) is 86.3 Å². The van der Waals surface area contributed by atoms with Crippen molar-refractivity contribution in [1.29, 1.82) is 0 Å². The molecule has 0 aliphatic carbocycles. The largest absolute Gasteiger partial charge is 0.586 e. The molecule has 0 bridgehead atoms. The third-order valence-electron chi connectivity index (χ3n) is 15.3. The summed E-state index contributed by atoms with van der Waals surface area (Å²) < 4.78 is 14.0. The number of ketones is 3. The van der Waals surface area contributed by atoms with Gasteiger partial charge in [-0.25, -0.2) is 22.7 Å². The van der Waals surface area contributed by atoms with Crippen molar-refractivity contribution >= 4 is 147 Å². The Labute approximate surface area is 730 Å². The molecule has 0 aliphatic heterocycles. The number of pyridine rings is 2. The van der Waals surface area contributed by atoms with Crippen LogP contribution in [0.4, 0.5) is 0 Å². The van der Waals surface area contributed by atoms with Gasteiger partial charge in [-0.15, -0.1) is 135 Å². The molecule has 0 saturated heterocycles. The summed E-state index contributed by atoms with van der Waals surface area (Å²) in [4.78, 5) is 51.3. The van der Waals surface area contributed by atoms with Gasteiger partial charge in [-0.1, -0.05) is 144 Å². The van der Waals surface area contributed by atoms with E-state index in [1.54, 1.807) is 62.9 Å². The summed E-state index contributed by atoms with van der Waals surface area (Å²) in [6.07, 6.45) is 7.10. The molecule has 0 aliphatic rings. The number of aliphatic hydroxyl groups excluding tert-OH is 3. The maximum atomic E-state index is 10.0. The minimum atomic E-state index is -0.125. The fourth-order valence-corrected chi connectivity index (χ4v) is 15.7. The van der Waals surface area contributed by atoms with Crippen LogP contribution in [0.15, 0.2) is 307 Å². The minimum absolute atomic E-state index is 0. The van der Waals surface area contributed by atoms with Crippen molar-refractivity contribution in [2.45, 2.75) is 48.5 Å². The van der Waals surface area contributed by atoms with E-state index in [-0.39, 0.29) is 115 Å². The van der Waals surface area contributed by atoms with Crippen LogP contribution in [0.3, 0.4) is 0 Å². The third-order valence-corrected chi connectivity index (χ3v) is 20.8. The second-order valence-corrected chi connectivity index (χ2v) is 29.4. The molecule has 113 heavy (non-hydrogen) atoms. The number of aliphatic hydroxyl groups is 3. The van der Waals surface area contributed by atoms with Crippen LogP contribution in [0.5, 0.6) is 0 Å². The zero-order valence-corrected chi connectivity index (χ0v) is 75.4. The average molecular weight is 2290 g/mol. The van der Waals surface area contributed by atoms with Gasteiger partial charge in [0, 0.05) is 142 Å². The molecule has 0 saturated carbocycles. The van der Waals surface area contributed by atoms with Gasteiger partial charge in [0.15, 0.2) is 17.3 Å². The van der Waals surface area contributed by atoms with E-state index in [1.807, 2.05) is 116 Å². The minimum Gasteiger partial charge on any atom is -0.586 e. The first-order chi connectivity index (χ1) is 52.9. The fourth-order valence-electron chi connectivity index (χ4n) is 10.9. The normalized spacial score (nSPS) is 10.7. The Balaban J connectivity index is 0.000000187. The van der Waals surface area contributed by atoms with Crippen molar-refractivity contribution in [3.8, 4) is 58.6 Å². The zero-order valence-electron chi connectivity index (χ0n) is 61.7. The van der Waals surface area contributed by atoms with Crippen LogP contribution in [0.25, 0.3) is 131 Å². The number of carbonyl (C=O) groups is 3. The number of nitrogens with zero attached hydrogens (tertiary/aromatic N) is 5. The van der Waals surface area contributed by atoms with E-state index in [0.29, 0.717) is 0 Å². The number of hydrogen-bond acceptors (Lipinski definition) is 16. The SMILES string of the molecule is CC(=O)C=C(C)O.CC(=O)C=C(C)O.CC(=O)C=C(C)O.Cc1c[c-]c(-c2[c-]c3ccccc3s2)o1.[Ir].[Ir].[Ir].[Ir].[c-]1c(-c2ccccn2)sc2ccccc12.[c-]1c(-c2nc3ccccc3s2)sc2ccccc12.[c-]1cc2c(cc1-c1nc3ccccc3s1)c1ccccc1n2-c1ccccc1.[c-]1ccccc1-c1ccccn1. The molecule has 12 nitrogen and oxygen atoms in total. The summed E-state index contributed by atoms with van der Waals surface area (Å²) in [7, 11) is 0. The van der Waals surface area contributed by atoms with Crippen molar-refractivity contribution in [2.75, 3.05) is 0 Å². The van der Waals surface area contributed by atoms with E-state index in [9.17, 15) is 14.4 Å². The van der Waals surface area contributed by atoms with Crippen molar-refractivity contribution in [2.24, 2.45) is 0 Å². The fraction of sp³-hybridized carbons (Fsp3) is 0.0761. The first kappa shape index (κ1) is 90.4. The number of hydrogen-bond donors (Lipinski definition) is 3. The number of fused-ring (bicyclic) bond motifs is 8. The smallest absolute Gasteiger partial charge is 0.155 e. The summed E-state index contributed by atoms with van der Waals surface area (Å²) in [6, 6.07) is 106. The molecule has 9 aromatic heterocycles. The summed E-state index contributed by atoms with van der Waals surface area (Å²) in [5, 5.41) is 33.1. The molecule has 0 fully saturated rings. The van der Waals surface area contributed by atoms with Gasteiger partial charge < -0.3 is 34.3 Å². The molecule has 0 spiro atoms. The molecule has 0 unspecified atom stereocenters. The number of para-hydroxylation sites is 4. The van der Waals surface area contributed by atoms with Gasteiger partial charge in [0.2, 0.25) is 0 Å². The number of allylic oxidation sites excluding steroid dienone is 6. The molecule has 21 heteroatoms. The Bertz CT molecular complexity index is 5820. The van der Waals surface area contributed by atoms with E-state index in [4.69, 9.17) is 24.7 Å². The standard InChI is InChI=1S/C25H15N2S.C15H8NS2.C13H8NS.C13H8OS.C11H8N.3C5H8O2.4Ir/c1-2-8-18(9-3-1)27-22-12-6-4-10-19(22)20-16-17(14-15-23(20)27)25-26-21-11-5-7-13-24(21)28-25;1-3-7-12-10(5-1)9-14(17-12)15-16-11-6-2-4-8-13(11)18-15;1-2-7-12-10(5-1)9-13(15-12)11-6-3-4-8-14-11;1-9-6-7-11(14-9)13-8-10-4-2-3-5-12(10)15-13;1-2-6-10(7-3-1)11-8-4-5-9-12-11;3*1-4(6)3-5(2)7;;;;/h1-13,15-16H;1-8H;1-8H;2-6H,1H3;1-6,8-9H;3*3,6H,1-2H3;;;;/q3*-1;-2;-1;;;;;;;. The van der Waals surface area contributed by atoms with E-state index in [2.05, 4.69) is 208 Å². The van der Waals surface area contributed by atoms with Crippen molar-refractivity contribution < 1.29 is 115 Å². The van der Waals surface area contributed by atoms with Crippen molar-refractivity contribution in [1.82, 2.24) is 24.5 Å². The maximum absolute atomic E-state index is 10.0. The van der Waals surface area contributed by atoms with Crippen LogP contribution in [0.1, 0.15) is 47.3 Å². The number of furan rings is 1. The van der Waals surface area contributed by atoms with Gasteiger partial charge in [0.1, 0.15) is 0 Å². The van der Waals surface area contributed by atoms with Crippen molar-refractivity contribution in [3.05, 3.63) is 345 Å². The van der Waals surface area contributed by atoms with Crippen LogP contribution in [-0.4, -0.2) is 57.2 Å². The number of benzene rings is 9. The molecule has 578 valence electrons. The number of rotatable bonds is 9. The summed E-state index contributed by atoms with van der Waals surface area (Å²) in [6.45, 7) is 10.5. The van der Waals surface area contributed by atoms with E-state index < -0.39 is 0 Å². The maximum Gasteiger partial charge on any atom is 0.155 e. The number of thiazole rings is 2. The monoisotopic (exact) mass is 2290 g/mol. The molecule has 4 radical (unpaired) electrons. The van der Waals surface area contributed by atoms with Gasteiger partial charge in [0.05, 0.1) is 33.3 Å². The average Bonchev–Trinajstić information content (AvgIpc) is 1.59. The van der Waals surface area contributed by atoms with Crippen LogP contribution in [0, 0.1) is 43.3 Å². The van der Waals surface area contributed by atoms with Gasteiger partial charge in [0.25, 0.3) is 0 Å². The Morgan fingerprint density at radius 3 is 1.32 bits per heavy atom. The molecule has 9 aromatic carbocycles. The third kappa shape index (κ3) is 26.1. The van der Waals surface area contributed by atoms with Crippen LogP contribution >= 0.6 is 56.7 Å². The topological polar surface area (TPSA) is 182 Å². The Kier molecular flexibility index (Phi) is 36.2. The van der Waals surface area contributed by atoms with Gasteiger partial charge in [-0.2, -0.15) is 34.8 Å². The van der Waals surface area contributed by atoms with Gasteiger partial charge in [-0.3, -0.25) is 35.7 Å². The zero-order chi connectivity index (χ0) is 76.6. The molecular weight excluding hydrogens is 2220 g/mol. The van der Waals surface area contributed by atoms with Gasteiger partial charge >= 0.3 is 0 Å². The van der Waals surface area contributed by atoms with Gasteiger partial charge in [-0.05, 0) is 138 Å². The molecule has 0 amide bonds. The molecule has 9 heterocycles. The Hall–Kier alpha value is -9.75. The molecule has 18 aromatic rings. The van der Waals surface area contributed by atoms with Crippen LogP contribution in [0.2, 0.25) is 0 Å². The second-order valence-electron chi connectivity index (χ2n) is 24.2. The van der Waals surface area contributed by atoms with Crippen LogP contribution in [-0.2, 0) is 94.8 Å². The predicted molar refractivity (Wildman–Crippen MR) is 453 cm³/mol. The molecule has 3 N–H and O–H groups in total. The summed E-state index contributed by atoms with van der Waals surface area (Å²) >= 11 is 8.63. The number of thiophene rings is 3. The quantitative estimate of drug-likeness (QED) is 0.0711. The molecule has 18 rings (SSSR count). The van der Waals surface area contributed by atoms with Crippen LogP contribution < -0.4 is 0 Å². The summed E-state index contributed by atoms with van der Waals surface area (Å²) in [5.74, 6) is 1.48. The summed E-state index contributed by atoms with van der Waals surface area (Å²) in [5.41, 5.74) is 9.70. The predicted octanol–water partition coefficient (Wildman–Crippen LogP) is 25.3. The van der Waals surface area contributed by atoms with E-state index in [1.165, 1.54) is 110 Å².